The maximum atomic E-state index is 13.1. The summed E-state index contributed by atoms with van der Waals surface area (Å²) in [5.41, 5.74) is 1.70. The van der Waals surface area contributed by atoms with Crippen molar-refractivity contribution in [2.45, 2.75) is 52.1 Å². The molecule has 12 heteroatoms. The summed E-state index contributed by atoms with van der Waals surface area (Å²) >= 11 is 11.7. The number of imide groups is 1. The van der Waals surface area contributed by atoms with Crippen LogP contribution in [-0.4, -0.2) is 71.6 Å². The highest BCUT2D eigenvalue weighted by atomic mass is 35.5. The van der Waals surface area contributed by atoms with Gasteiger partial charge in [-0.25, -0.2) is 4.79 Å². The molecule has 198 valence electrons. The van der Waals surface area contributed by atoms with Crippen LogP contribution in [0.25, 0.3) is 0 Å². The van der Waals surface area contributed by atoms with Crippen LogP contribution < -0.4 is 15.5 Å². The minimum Gasteiger partial charge on any atom is -0.369 e. The fraction of sp³-hybridized carbons (Fsp3) is 0.542. The highest BCUT2D eigenvalue weighted by molar-refractivity contribution is 6.18. The summed E-state index contributed by atoms with van der Waals surface area (Å²) in [6, 6.07) is 5.33. The van der Waals surface area contributed by atoms with E-state index in [0.717, 1.165) is 11.3 Å². The fourth-order valence-electron chi connectivity index (χ4n) is 3.66. The molecule has 4 amide bonds. The Morgan fingerprint density at radius 1 is 1.00 bits per heavy atom. The number of carbonyl (C=O) groups excluding carboxylic acids is 5. The lowest BCUT2D eigenvalue weighted by atomic mass is 10.0. The first-order chi connectivity index (χ1) is 17.1. The third kappa shape index (κ3) is 8.37. The summed E-state index contributed by atoms with van der Waals surface area (Å²) in [5, 5.41) is 5.64. The van der Waals surface area contributed by atoms with Crippen molar-refractivity contribution >= 4 is 58.5 Å². The Balaban J connectivity index is 2.12. The van der Waals surface area contributed by atoms with Crippen LogP contribution in [0.2, 0.25) is 0 Å². The molecule has 1 saturated heterocycles. The van der Waals surface area contributed by atoms with Crippen LogP contribution in [0, 0.1) is 5.92 Å². The molecule has 0 bridgehead atoms. The third-order valence-corrected chi connectivity index (χ3v) is 5.89. The number of hydroxylamine groups is 2. The molecule has 36 heavy (non-hydrogen) atoms. The maximum Gasteiger partial charge on any atom is 0.355 e. The summed E-state index contributed by atoms with van der Waals surface area (Å²) in [5.74, 6) is -2.71. The predicted octanol–water partition coefficient (Wildman–Crippen LogP) is 1.77. The highest BCUT2D eigenvalue weighted by Crippen LogP contribution is 2.18. The molecule has 0 saturated carbocycles. The Kier molecular flexibility index (Phi) is 11.5. The van der Waals surface area contributed by atoms with Crippen LogP contribution >= 0.6 is 23.2 Å². The van der Waals surface area contributed by atoms with Crippen LogP contribution in [-0.2, 0) is 35.2 Å². The van der Waals surface area contributed by atoms with Crippen molar-refractivity contribution in [1.82, 2.24) is 15.7 Å². The molecule has 2 rings (SSSR count). The van der Waals surface area contributed by atoms with Crippen molar-refractivity contribution in [1.29, 1.82) is 0 Å². The molecule has 10 nitrogen and oxygen atoms in total. The number of halogens is 2. The smallest absolute Gasteiger partial charge is 0.355 e. The first kappa shape index (κ1) is 29.4. The molecule has 0 unspecified atom stereocenters. The quantitative estimate of drug-likeness (QED) is 0.287. The van der Waals surface area contributed by atoms with Gasteiger partial charge in [0, 0.05) is 56.7 Å². The summed E-state index contributed by atoms with van der Waals surface area (Å²) in [6.07, 6.45) is 0.0904. The topological polar surface area (TPSA) is 125 Å². The van der Waals surface area contributed by atoms with E-state index in [0.29, 0.717) is 29.9 Å². The molecule has 1 heterocycles. The summed E-state index contributed by atoms with van der Waals surface area (Å²) in [7, 11) is 0. The van der Waals surface area contributed by atoms with E-state index in [4.69, 9.17) is 28.0 Å². The monoisotopic (exact) mass is 542 g/mol. The van der Waals surface area contributed by atoms with E-state index >= 15 is 0 Å². The third-order valence-electron chi connectivity index (χ3n) is 5.55. The Morgan fingerprint density at radius 3 is 2.03 bits per heavy atom. The van der Waals surface area contributed by atoms with Gasteiger partial charge in [0.1, 0.15) is 12.1 Å². The van der Waals surface area contributed by atoms with Gasteiger partial charge >= 0.3 is 5.97 Å². The largest absolute Gasteiger partial charge is 0.369 e. The molecule has 1 aromatic carbocycles. The summed E-state index contributed by atoms with van der Waals surface area (Å²) in [4.78, 5) is 68.2. The van der Waals surface area contributed by atoms with Crippen LogP contribution in [0.1, 0.15) is 39.2 Å². The van der Waals surface area contributed by atoms with Crippen molar-refractivity contribution in [2.75, 3.05) is 29.7 Å². The molecular weight excluding hydrogens is 511 g/mol. The molecular formula is C24H32Cl2N4O6. The molecule has 2 atom stereocenters. The van der Waals surface area contributed by atoms with Crippen molar-refractivity contribution in [3.63, 3.8) is 0 Å². The molecule has 0 aromatic heterocycles. The molecule has 0 radical (unpaired) electrons. The van der Waals surface area contributed by atoms with E-state index in [-0.39, 0.29) is 19.3 Å². The average molecular weight is 543 g/mol. The van der Waals surface area contributed by atoms with Crippen molar-refractivity contribution in [2.24, 2.45) is 5.92 Å². The molecule has 1 aromatic rings. The van der Waals surface area contributed by atoms with E-state index < -0.39 is 47.6 Å². The second-order valence-corrected chi connectivity index (χ2v) is 9.47. The maximum absolute atomic E-state index is 13.1. The first-order valence-corrected chi connectivity index (χ1v) is 12.7. The first-order valence-electron chi connectivity index (χ1n) is 11.7. The van der Waals surface area contributed by atoms with E-state index in [1.54, 1.807) is 13.8 Å². The Bertz CT molecular complexity index is 934. The Morgan fingerprint density at radius 2 is 1.56 bits per heavy atom. The highest BCUT2D eigenvalue weighted by Gasteiger charge is 2.37. The van der Waals surface area contributed by atoms with Gasteiger partial charge in [-0.05, 0) is 23.6 Å². The minimum absolute atomic E-state index is 0.0380. The van der Waals surface area contributed by atoms with Gasteiger partial charge in [-0.3, -0.25) is 19.2 Å². The zero-order chi connectivity index (χ0) is 26.8. The number of hydrogen-bond acceptors (Lipinski definition) is 7. The summed E-state index contributed by atoms with van der Waals surface area (Å²) in [6.45, 7) is 5.91. The SMILES string of the molecule is CC(=O)N[C@H](Cc1ccc(N(CCCl)CCCl)cc1)C(=O)N[C@@H](C(=O)ON1C(=O)CCC1=O)C(C)C. The van der Waals surface area contributed by atoms with Crippen LogP contribution in [0.4, 0.5) is 5.69 Å². The Labute approximate surface area is 220 Å². The normalized spacial score (nSPS) is 15.0. The number of alkyl halides is 2. The van der Waals surface area contributed by atoms with Crippen LogP contribution in [0.15, 0.2) is 24.3 Å². The zero-order valence-electron chi connectivity index (χ0n) is 20.6. The second-order valence-electron chi connectivity index (χ2n) is 8.71. The van der Waals surface area contributed by atoms with Crippen LogP contribution in [0.3, 0.4) is 0 Å². The van der Waals surface area contributed by atoms with Crippen molar-refractivity contribution in [3.05, 3.63) is 29.8 Å². The van der Waals surface area contributed by atoms with E-state index in [9.17, 15) is 24.0 Å². The van der Waals surface area contributed by atoms with Crippen LogP contribution in [0.5, 0.6) is 0 Å². The number of carbonyl (C=O) groups is 5. The molecule has 2 N–H and O–H groups in total. The van der Waals surface area contributed by atoms with Gasteiger partial charge in [0.25, 0.3) is 11.8 Å². The van der Waals surface area contributed by atoms with Gasteiger partial charge < -0.3 is 20.4 Å². The number of amides is 4. The zero-order valence-corrected chi connectivity index (χ0v) is 22.1. The van der Waals surface area contributed by atoms with Gasteiger partial charge in [0.2, 0.25) is 11.8 Å². The Hall–Kier alpha value is -2.85. The fourth-order valence-corrected chi connectivity index (χ4v) is 4.07. The predicted molar refractivity (Wildman–Crippen MR) is 135 cm³/mol. The van der Waals surface area contributed by atoms with E-state index in [1.165, 1.54) is 6.92 Å². The lowest BCUT2D eigenvalue weighted by Gasteiger charge is -2.26. The standard InChI is InChI=1S/C24H32Cl2N4O6/c1-15(2)22(24(35)36-30-20(32)8-9-21(30)33)28-23(34)19(27-16(3)31)14-17-4-6-18(7-5-17)29(12-10-25)13-11-26/h4-7,15,19,22H,8-14H2,1-3H3,(H,27,31)(H,28,34)/t19-,22-/m1/s1. The number of benzene rings is 1. The average Bonchev–Trinajstić information content (AvgIpc) is 3.13. The molecule has 0 spiro atoms. The van der Waals surface area contributed by atoms with Crippen molar-refractivity contribution < 1.29 is 28.8 Å². The minimum atomic E-state index is -1.14. The van der Waals surface area contributed by atoms with Gasteiger partial charge in [0.15, 0.2) is 0 Å². The molecule has 1 aliphatic heterocycles. The number of rotatable bonds is 13. The van der Waals surface area contributed by atoms with Gasteiger partial charge in [-0.2, -0.15) is 0 Å². The molecule has 1 aliphatic rings. The van der Waals surface area contributed by atoms with Gasteiger partial charge in [-0.1, -0.05) is 26.0 Å². The van der Waals surface area contributed by atoms with Gasteiger partial charge in [-0.15, -0.1) is 28.3 Å². The van der Waals surface area contributed by atoms with E-state index in [2.05, 4.69) is 10.6 Å². The molecule has 1 fully saturated rings. The number of anilines is 1. The molecule has 0 aliphatic carbocycles. The van der Waals surface area contributed by atoms with Crippen molar-refractivity contribution in [3.8, 4) is 0 Å². The second kappa shape index (κ2) is 14.0. The number of hydrogen-bond donors (Lipinski definition) is 2. The van der Waals surface area contributed by atoms with E-state index in [1.807, 2.05) is 29.2 Å². The number of nitrogens with one attached hydrogen (secondary N) is 2. The number of nitrogens with zero attached hydrogens (tertiary/aromatic N) is 2. The lowest BCUT2D eigenvalue weighted by Crippen LogP contribution is -2.54. The van der Waals surface area contributed by atoms with Gasteiger partial charge in [0.05, 0.1) is 0 Å². The lowest BCUT2D eigenvalue weighted by molar-refractivity contribution is -0.199. The summed E-state index contributed by atoms with van der Waals surface area (Å²) < 4.78 is 0.